The minimum atomic E-state index is -2.59. The van der Waals surface area contributed by atoms with Gasteiger partial charge in [-0.05, 0) is 10.6 Å². The number of nitrogens with zero attached hydrogens (tertiary/aromatic N) is 3. The maximum Gasteiger partial charge on any atom is 0.270 e. The van der Waals surface area contributed by atoms with E-state index in [0.29, 0.717) is 0 Å². The summed E-state index contributed by atoms with van der Waals surface area (Å²) in [6, 6.07) is -1.55. The molecule has 1 amide bonds. The molecule has 1 heterocycles. The van der Waals surface area contributed by atoms with Gasteiger partial charge in [-0.25, -0.2) is 0 Å². The highest BCUT2D eigenvalue weighted by atomic mass is 16.7. The van der Waals surface area contributed by atoms with Gasteiger partial charge in [-0.2, -0.15) is 0 Å². The number of rotatable bonds is 3. The van der Waals surface area contributed by atoms with E-state index in [1.807, 2.05) is 0 Å². The smallest absolute Gasteiger partial charge is 0.270 e. The molecule has 0 unspecified atom stereocenters. The third-order valence-electron chi connectivity index (χ3n) is 2.53. The van der Waals surface area contributed by atoms with Crippen molar-refractivity contribution in [2.75, 3.05) is 6.61 Å². The maximum atomic E-state index is 11.0. The number of amides is 1. The van der Waals surface area contributed by atoms with Gasteiger partial charge in [-0.3, -0.25) is 4.79 Å². The maximum absolute atomic E-state index is 11.0. The van der Waals surface area contributed by atoms with Gasteiger partial charge in [0.2, 0.25) is 5.91 Å². The molecule has 1 aliphatic rings. The summed E-state index contributed by atoms with van der Waals surface area (Å²) in [7, 11) is 0. The summed E-state index contributed by atoms with van der Waals surface area (Å²) in [4.78, 5) is 13.3. The Kier molecular flexibility index (Phi) is 4.46. The van der Waals surface area contributed by atoms with E-state index >= 15 is 0 Å². The normalized spacial score (nSPS) is 39.8. The fraction of sp³-hybridized carbons (Fsp3) is 0.875. The zero-order valence-corrected chi connectivity index (χ0v) is 9.46. The van der Waals surface area contributed by atoms with Gasteiger partial charge >= 0.3 is 0 Å². The van der Waals surface area contributed by atoms with E-state index in [4.69, 9.17) is 15.4 Å². The summed E-state index contributed by atoms with van der Waals surface area (Å²) in [6.07, 6.45) is -4.57. The molecule has 5 N–H and O–H groups in total. The summed E-state index contributed by atoms with van der Waals surface area (Å²) in [5.74, 6) is -3.23. The summed E-state index contributed by atoms with van der Waals surface area (Å²) >= 11 is 0. The van der Waals surface area contributed by atoms with Crippen LogP contribution in [0.1, 0.15) is 6.92 Å². The number of carbonyl (C=O) groups excluding carboxylic acids is 1. The van der Waals surface area contributed by atoms with Crippen molar-refractivity contribution in [3.8, 4) is 0 Å². The van der Waals surface area contributed by atoms with Crippen LogP contribution in [0.15, 0.2) is 5.11 Å². The van der Waals surface area contributed by atoms with Crippen LogP contribution in [0.5, 0.6) is 0 Å². The largest absolute Gasteiger partial charge is 0.394 e. The first-order valence-electron chi connectivity index (χ1n) is 5.06. The van der Waals surface area contributed by atoms with Crippen molar-refractivity contribution >= 4 is 5.91 Å². The third kappa shape index (κ3) is 2.70. The molecular formula is C8H14N4O6. The van der Waals surface area contributed by atoms with Crippen LogP contribution in [0.2, 0.25) is 0 Å². The van der Waals surface area contributed by atoms with Gasteiger partial charge in [0.1, 0.15) is 24.4 Å². The van der Waals surface area contributed by atoms with Crippen LogP contribution >= 0.6 is 0 Å². The molecule has 0 aromatic rings. The standard InChI is InChI=1S/C8H14N4O6/c1-3(14)10-7-6(16)5(15)4(2-13)18-8(7,17)11-12-9/h4-7,13,15-17H,2H2,1H3,(H,10,14)/t4-,5-,6+,7-,8-/m1/s1. The minimum absolute atomic E-state index is 0.635. The van der Waals surface area contributed by atoms with Crippen molar-refractivity contribution in [1.29, 1.82) is 0 Å². The summed E-state index contributed by atoms with van der Waals surface area (Å²) in [6.45, 7) is 0.391. The summed E-state index contributed by atoms with van der Waals surface area (Å²) in [5.41, 5.74) is 8.35. The van der Waals surface area contributed by atoms with Crippen LogP contribution < -0.4 is 5.32 Å². The minimum Gasteiger partial charge on any atom is -0.394 e. The Morgan fingerprint density at radius 3 is 2.61 bits per heavy atom. The lowest BCUT2D eigenvalue weighted by Gasteiger charge is -2.45. The molecule has 1 aliphatic heterocycles. The van der Waals surface area contributed by atoms with Gasteiger partial charge in [0.25, 0.3) is 5.91 Å². The Hall–Kier alpha value is -1.42. The Morgan fingerprint density at radius 2 is 2.17 bits per heavy atom. The highest BCUT2D eigenvalue weighted by molar-refractivity contribution is 5.73. The zero-order valence-electron chi connectivity index (χ0n) is 9.46. The second kappa shape index (κ2) is 5.48. The fourth-order valence-electron chi connectivity index (χ4n) is 1.70. The second-order valence-electron chi connectivity index (χ2n) is 3.85. The highest BCUT2D eigenvalue weighted by Gasteiger charge is 2.53. The monoisotopic (exact) mass is 262 g/mol. The van der Waals surface area contributed by atoms with E-state index in [1.54, 1.807) is 0 Å². The predicted octanol–water partition coefficient (Wildman–Crippen LogP) is -2.44. The van der Waals surface area contributed by atoms with E-state index in [0.717, 1.165) is 6.92 Å². The first-order valence-corrected chi connectivity index (χ1v) is 5.06. The number of nitrogens with one attached hydrogen (secondary N) is 1. The number of hydrogen-bond acceptors (Lipinski definition) is 7. The highest BCUT2D eigenvalue weighted by Crippen LogP contribution is 2.29. The molecule has 0 radical (unpaired) electrons. The van der Waals surface area contributed by atoms with Gasteiger partial charge in [-0.1, -0.05) is 0 Å². The molecule has 102 valence electrons. The molecule has 10 heteroatoms. The van der Waals surface area contributed by atoms with Gasteiger partial charge in [0, 0.05) is 11.8 Å². The van der Waals surface area contributed by atoms with Crippen LogP contribution in [-0.4, -0.2) is 63.2 Å². The molecule has 5 atom stereocenters. The molecule has 0 bridgehead atoms. The first-order chi connectivity index (χ1) is 8.35. The average molecular weight is 262 g/mol. The van der Waals surface area contributed by atoms with E-state index in [2.05, 4.69) is 15.3 Å². The van der Waals surface area contributed by atoms with Crippen molar-refractivity contribution in [3.63, 3.8) is 0 Å². The molecule has 0 aromatic carbocycles. The summed E-state index contributed by atoms with van der Waals surface area (Å²) in [5, 5.41) is 43.3. The number of aliphatic hydroxyl groups is 4. The SMILES string of the molecule is CC(=O)N[C@@H]1[C@@H](O)[C@H](O)[C@@H](CO)O[C@@]1(O)N=[N+]=[N-]. The van der Waals surface area contributed by atoms with Crippen molar-refractivity contribution in [2.45, 2.75) is 37.2 Å². The predicted molar refractivity (Wildman–Crippen MR) is 55.7 cm³/mol. The lowest BCUT2D eigenvalue weighted by molar-refractivity contribution is -0.315. The Bertz CT molecular complexity index is 373. The molecule has 1 rings (SSSR count). The average Bonchev–Trinajstić information content (AvgIpc) is 2.30. The number of aliphatic hydroxyl groups excluding tert-OH is 3. The van der Waals surface area contributed by atoms with Crippen LogP contribution in [0, 0.1) is 0 Å². The molecule has 1 fully saturated rings. The lowest BCUT2D eigenvalue weighted by Crippen LogP contribution is -2.69. The Balaban J connectivity index is 3.09. The molecule has 1 saturated heterocycles. The topological polar surface area (TPSA) is 168 Å². The van der Waals surface area contributed by atoms with Gasteiger partial charge < -0.3 is 30.5 Å². The van der Waals surface area contributed by atoms with Gasteiger partial charge in [0.05, 0.1) is 6.61 Å². The van der Waals surface area contributed by atoms with Crippen LogP contribution in [0.3, 0.4) is 0 Å². The number of hydrogen-bond donors (Lipinski definition) is 5. The lowest BCUT2D eigenvalue weighted by atomic mass is 9.94. The van der Waals surface area contributed by atoms with E-state index in [1.165, 1.54) is 0 Å². The number of azide groups is 1. The van der Waals surface area contributed by atoms with Crippen LogP contribution in [0.4, 0.5) is 0 Å². The number of carbonyl (C=O) groups is 1. The van der Waals surface area contributed by atoms with Crippen LogP contribution in [0.25, 0.3) is 10.4 Å². The molecule has 10 nitrogen and oxygen atoms in total. The number of ether oxygens (including phenoxy) is 1. The van der Waals surface area contributed by atoms with E-state index < -0.39 is 42.8 Å². The second-order valence-corrected chi connectivity index (χ2v) is 3.85. The van der Waals surface area contributed by atoms with E-state index in [-0.39, 0.29) is 0 Å². The molecule has 0 spiro atoms. The Morgan fingerprint density at radius 1 is 1.56 bits per heavy atom. The third-order valence-corrected chi connectivity index (χ3v) is 2.53. The van der Waals surface area contributed by atoms with Crippen molar-refractivity contribution in [3.05, 3.63) is 10.4 Å². The van der Waals surface area contributed by atoms with Gasteiger partial charge in [0.15, 0.2) is 0 Å². The first kappa shape index (κ1) is 14.6. The fourth-order valence-corrected chi connectivity index (χ4v) is 1.70. The van der Waals surface area contributed by atoms with Crippen molar-refractivity contribution < 1.29 is 30.0 Å². The molecule has 0 aromatic heterocycles. The quantitative estimate of drug-likeness (QED) is 0.215. The van der Waals surface area contributed by atoms with Crippen molar-refractivity contribution in [1.82, 2.24) is 5.32 Å². The van der Waals surface area contributed by atoms with E-state index in [9.17, 15) is 20.1 Å². The van der Waals surface area contributed by atoms with Gasteiger partial charge in [-0.15, -0.1) is 0 Å². The summed E-state index contributed by atoms with van der Waals surface area (Å²) < 4.78 is 4.82. The zero-order chi connectivity index (χ0) is 13.9. The molecule has 18 heavy (non-hydrogen) atoms. The molecule has 0 saturated carbocycles. The Labute approximate surface area is 101 Å². The molecular weight excluding hydrogens is 248 g/mol. The van der Waals surface area contributed by atoms with Crippen LogP contribution in [-0.2, 0) is 9.53 Å². The molecule has 0 aliphatic carbocycles. The van der Waals surface area contributed by atoms with Crippen molar-refractivity contribution in [2.24, 2.45) is 5.11 Å².